The maximum Gasteiger partial charge on any atom is 0.222 e. The van der Waals surface area contributed by atoms with Gasteiger partial charge in [0.15, 0.2) is 5.96 Å². The number of halogens is 2. The molecule has 0 aromatic heterocycles. The number of primary amides is 1. The van der Waals surface area contributed by atoms with Crippen LogP contribution in [0.2, 0.25) is 0 Å². The highest BCUT2D eigenvalue weighted by Gasteiger charge is 2.31. The first-order valence-corrected chi connectivity index (χ1v) is 8.88. The number of amides is 1. The van der Waals surface area contributed by atoms with E-state index in [2.05, 4.69) is 29.1 Å². The first-order valence-electron chi connectivity index (χ1n) is 8.88. The van der Waals surface area contributed by atoms with Crippen molar-refractivity contribution in [2.24, 2.45) is 22.1 Å². The summed E-state index contributed by atoms with van der Waals surface area (Å²) in [5.41, 5.74) is 6.71. The van der Waals surface area contributed by atoms with Crippen molar-refractivity contribution in [2.75, 3.05) is 26.2 Å². The minimum atomic E-state index is -0.408. The Morgan fingerprint density at radius 2 is 2.04 bits per heavy atom. The van der Waals surface area contributed by atoms with E-state index in [1.54, 1.807) is 12.1 Å². The van der Waals surface area contributed by atoms with Crippen molar-refractivity contribution in [3.8, 4) is 0 Å². The fourth-order valence-corrected chi connectivity index (χ4v) is 3.08. The molecule has 1 aromatic rings. The van der Waals surface area contributed by atoms with E-state index < -0.39 is 5.92 Å². The second-order valence-corrected chi connectivity index (χ2v) is 7.46. The van der Waals surface area contributed by atoms with Crippen molar-refractivity contribution in [1.82, 2.24) is 10.2 Å². The number of nitrogens with two attached hydrogens (primary N) is 1. The van der Waals surface area contributed by atoms with Gasteiger partial charge in [0.1, 0.15) is 5.82 Å². The average Bonchev–Trinajstić information content (AvgIpc) is 2.91. The second kappa shape index (κ2) is 10.1. The van der Waals surface area contributed by atoms with Crippen LogP contribution in [0.5, 0.6) is 0 Å². The molecule has 2 rings (SSSR count). The molecule has 146 valence electrons. The Morgan fingerprint density at radius 3 is 2.54 bits per heavy atom. The molecule has 1 aliphatic rings. The molecule has 1 aliphatic heterocycles. The van der Waals surface area contributed by atoms with E-state index >= 15 is 0 Å². The van der Waals surface area contributed by atoms with E-state index in [9.17, 15) is 9.18 Å². The molecule has 3 N–H and O–H groups in total. The summed E-state index contributed by atoms with van der Waals surface area (Å²) in [6.45, 7) is 9.52. The fourth-order valence-electron chi connectivity index (χ4n) is 3.08. The lowest BCUT2D eigenvalue weighted by molar-refractivity contribution is -0.121. The van der Waals surface area contributed by atoms with E-state index in [-0.39, 0.29) is 41.1 Å². The molecule has 0 aliphatic carbocycles. The molecule has 1 atom stereocenters. The molecular formula is C19H30FIN4O. The zero-order chi connectivity index (χ0) is 18.4. The molecule has 1 fully saturated rings. The number of benzene rings is 1. The number of carbonyl (C=O) groups excluding carboxylic acids is 1. The minimum Gasteiger partial charge on any atom is -0.369 e. The summed E-state index contributed by atoms with van der Waals surface area (Å²) in [4.78, 5) is 18.7. The van der Waals surface area contributed by atoms with Crippen LogP contribution in [0, 0.1) is 17.2 Å². The van der Waals surface area contributed by atoms with E-state index in [0.717, 1.165) is 37.6 Å². The van der Waals surface area contributed by atoms with Crippen LogP contribution in [0.4, 0.5) is 4.39 Å². The number of nitrogens with one attached hydrogen (secondary N) is 1. The number of guanidine groups is 1. The molecule has 1 amide bonds. The molecule has 7 heteroatoms. The third kappa shape index (κ3) is 6.74. The molecule has 1 heterocycles. The number of hydrogen-bond donors (Lipinski definition) is 2. The average molecular weight is 476 g/mol. The van der Waals surface area contributed by atoms with Crippen molar-refractivity contribution >= 4 is 35.8 Å². The zero-order valence-corrected chi connectivity index (χ0v) is 18.1. The van der Waals surface area contributed by atoms with Gasteiger partial charge in [0.2, 0.25) is 5.91 Å². The molecular weight excluding hydrogens is 446 g/mol. The summed E-state index contributed by atoms with van der Waals surface area (Å²) in [7, 11) is 0. The normalized spacial score (nSPS) is 17.5. The van der Waals surface area contributed by atoms with E-state index in [1.807, 2.05) is 6.92 Å². The molecule has 26 heavy (non-hydrogen) atoms. The topological polar surface area (TPSA) is 70.7 Å². The smallest absolute Gasteiger partial charge is 0.222 e. The lowest BCUT2D eigenvalue weighted by Crippen LogP contribution is -2.41. The molecule has 1 unspecified atom stereocenters. The van der Waals surface area contributed by atoms with Crippen LogP contribution in [0.25, 0.3) is 0 Å². The number of hydrogen-bond acceptors (Lipinski definition) is 2. The van der Waals surface area contributed by atoms with Gasteiger partial charge < -0.3 is 16.0 Å². The Morgan fingerprint density at radius 1 is 1.38 bits per heavy atom. The van der Waals surface area contributed by atoms with Gasteiger partial charge in [-0.3, -0.25) is 9.79 Å². The molecule has 0 radical (unpaired) electrons. The van der Waals surface area contributed by atoms with Gasteiger partial charge in [-0.15, -0.1) is 24.0 Å². The highest BCUT2D eigenvalue weighted by atomic mass is 127. The Hall–Kier alpha value is -1.38. The fraction of sp³-hybridized carbons (Fsp3) is 0.579. The van der Waals surface area contributed by atoms with Gasteiger partial charge in [-0.2, -0.15) is 0 Å². The minimum absolute atomic E-state index is 0. The maximum absolute atomic E-state index is 13.0. The van der Waals surface area contributed by atoms with E-state index in [1.165, 1.54) is 12.1 Å². The van der Waals surface area contributed by atoms with Crippen LogP contribution in [-0.4, -0.2) is 42.9 Å². The van der Waals surface area contributed by atoms with Gasteiger partial charge in [-0.1, -0.05) is 26.0 Å². The third-order valence-corrected chi connectivity index (χ3v) is 4.57. The molecule has 0 spiro atoms. The highest BCUT2D eigenvalue weighted by molar-refractivity contribution is 14.0. The third-order valence-electron chi connectivity index (χ3n) is 4.57. The highest BCUT2D eigenvalue weighted by Crippen LogP contribution is 2.28. The molecule has 0 saturated carbocycles. The van der Waals surface area contributed by atoms with Crippen LogP contribution in [0.3, 0.4) is 0 Å². The van der Waals surface area contributed by atoms with Crippen molar-refractivity contribution in [3.05, 3.63) is 35.6 Å². The SMILES string of the molecule is CCNC(=NCC(Cc1ccc(F)cc1)C(N)=O)N1CCC(C)(C)C1.I. The van der Waals surface area contributed by atoms with Gasteiger partial charge in [0.05, 0.1) is 12.5 Å². The van der Waals surface area contributed by atoms with Crippen molar-refractivity contribution < 1.29 is 9.18 Å². The number of rotatable bonds is 6. The number of nitrogens with zero attached hydrogens (tertiary/aromatic N) is 2. The Kier molecular flexibility index (Phi) is 8.79. The Bertz CT molecular complexity index is 618. The molecule has 1 saturated heterocycles. The molecule has 0 bridgehead atoms. The summed E-state index contributed by atoms with van der Waals surface area (Å²) in [6, 6.07) is 6.16. The summed E-state index contributed by atoms with van der Waals surface area (Å²) in [6.07, 6.45) is 1.58. The second-order valence-electron chi connectivity index (χ2n) is 7.46. The zero-order valence-electron chi connectivity index (χ0n) is 15.8. The predicted molar refractivity (Wildman–Crippen MR) is 114 cm³/mol. The molecule has 5 nitrogen and oxygen atoms in total. The first kappa shape index (κ1) is 22.7. The standard InChI is InChI=1S/C19H29FN4O.HI/c1-4-22-18(24-10-9-19(2,3)13-24)23-12-15(17(21)25)11-14-5-7-16(20)8-6-14;/h5-8,15H,4,9-13H2,1-3H3,(H2,21,25)(H,22,23);1H. The van der Waals surface area contributed by atoms with Gasteiger partial charge in [0.25, 0.3) is 0 Å². The summed E-state index contributed by atoms with van der Waals surface area (Å²) >= 11 is 0. The Balaban J connectivity index is 0.00000338. The van der Waals surface area contributed by atoms with Crippen LogP contribution in [-0.2, 0) is 11.2 Å². The summed E-state index contributed by atoms with van der Waals surface area (Å²) in [5.74, 6) is -0.248. The van der Waals surface area contributed by atoms with Crippen LogP contribution in [0.1, 0.15) is 32.8 Å². The lowest BCUT2D eigenvalue weighted by atomic mass is 9.93. The number of likely N-dealkylation sites (tertiary alicyclic amines) is 1. The largest absolute Gasteiger partial charge is 0.369 e. The monoisotopic (exact) mass is 476 g/mol. The quantitative estimate of drug-likeness (QED) is 0.377. The maximum atomic E-state index is 13.0. The van der Waals surface area contributed by atoms with Crippen LogP contribution >= 0.6 is 24.0 Å². The van der Waals surface area contributed by atoms with Gasteiger partial charge in [-0.25, -0.2) is 4.39 Å². The van der Waals surface area contributed by atoms with Gasteiger partial charge in [-0.05, 0) is 42.9 Å². The van der Waals surface area contributed by atoms with E-state index in [0.29, 0.717) is 13.0 Å². The van der Waals surface area contributed by atoms with Crippen molar-refractivity contribution in [1.29, 1.82) is 0 Å². The predicted octanol–water partition coefficient (Wildman–Crippen LogP) is 2.79. The van der Waals surface area contributed by atoms with Crippen molar-refractivity contribution in [2.45, 2.75) is 33.6 Å². The Labute approximate surface area is 172 Å². The lowest BCUT2D eigenvalue weighted by Gasteiger charge is -2.24. The van der Waals surface area contributed by atoms with Crippen LogP contribution < -0.4 is 11.1 Å². The number of carbonyl (C=O) groups is 1. The summed E-state index contributed by atoms with van der Waals surface area (Å²) in [5, 5.41) is 3.30. The van der Waals surface area contributed by atoms with Gasteiger partial charge in [0, 0.05) is 19.6 Å². The summed E-state index contributed by atoms with van der Waals surface area (Å²) < 4.78 is 13.0. The molecule has 1 aromatic carbocycles. The van der Waals surface area contributed by atoms with Gasteiger partial charge >= 0.3 is 0 Å². The first-order chi connectivity index (χ1) is 11.8. The van der Waals surface area contributed by atoms with Crippen molar-refractivity contribution in [3.63, 3.8) is 0 Å². The van der Waals surface area contributed by atoms with E-state index in [4.69, 9.17) is 5.73 Å². The van der Waals surface area contributed by atoms with Crippen LogP contribution in [0.15, 0.2) is 29.3 Å². The number of aliphatic imine (C=N–C) groups is 1.